The Morgan fingerprint density at radius 2 is 1.97 bits per heavy atom. The number of hydrazine groups is 1. The number of morpholine rings is 1. The molecule has 3 aliphatic heterocycles. The number of H-pyrrole nitrogens is 1. The highest BCUT2D eigenvalue weighted by atomic mass is 35.5. The van der Waals surface area contributed by atoms with Crippen molar-refractivity contribution in [3.8, 4) is 0 Å². The predicted molar refractivity (Wildman–Crippen MR) is 121 cm³/mol. The summed E-state index contributed by atoms with van der Waals surface area (Å²) in [4.78, 5) is 9.21. The Morgan fingerprint density at radius 1 is 1.16 bits per heavy atom. The van der Waals surface area contributed by atoms with E-state index in [1.165, 1.54) is 5.56 Å². The molecule has 4 heterocycles. The maximum atomic E-state index is 6.37. The van der Waals surface area contributed by atoms with Crippen molar-refractivity contribution in [2.24, 2.45) is 0 Å². The molecule has 9 nitrogen and oxygen atoms in total. The number of nitrogens with two attached hydrogens (primary N) is 1. The molecular formula is C21H31ClN8O. The fourth-order valence-electron chi connectivity index (χ4n) is 5.09. The summed E-state index contributed by atoms with van der Waals surface area (Å²) in [5.74, 6) is 1.07. The van der Waals surface area contributed by atoms with E-state index in [0.29, 0.717) is 30.0 Å². The molecule has 5 rings (SSSR count). The summed E-state index contributed by atoms with van der Waals surface area (Å²) < 4.78 is 6.37. The molecule has 0 bridgehead atoms. The standard InChI is InChI=1S/C21H31ClN8O/c22-15-3-1-14(2-4-15)11-17-13-31-19(18-5-8-24-26-18)12-30(17)16-6-9-29(10-7-16)21-25-20(23)27-28-21/h1-4,16-19,24,26H,5-13H2,(H3,23,25,27,28)/t17-,18?,19+/m0/s1. The number of nitrogens with one attached hydrogen (secondary N) is 3. The fourth-order valence-corrected chi connectivity index (χ4v) is 5.21. The molecule has 0 aliphatic carbocycles. The van der Waals surface area contributed by atoms with Gasteiger partial charge in [-0.15, -0.1) is 5.10 Å². The molecule has 0 radical (unpaired) electrons. The van der Waals surface area contributed by atoms with Gasteiger partial charge in [0.25, 0.3) is 0 Å². The highest BCUT2D eigenvalue weighted by molar-refractivity contribution is 6.30. The molecule has 3 saturated heterocycles. The number of ether oxygens (including phenoxy) is 1. The SMILES string of the molecule is Nc1nc(N2CCC(N3C[C@H](C4CCNN4)OC[C@@H]3Cc3ccc(Cl)cc3)CC2)n[nH]1. The third kappa shape index (κ3) is 4.80. The summed E-state index contributed by atoms with van der Waals surface area (Å²) in [6, 6.07) is 9.46. The summed E-state index contributed by atoms with van der Waals surface area (Å²) in [7, 11) is 0. The van der Waals surface area contributed by atoms with E-state index in [-0.39, 0.29) is 6.10 Å². The van der Waals surface area contributed by atoms with Crippen LogP contribution in [0.1, 0.15) is 24.8 Å². The highest BCUT2D eigenvalue weighted by Gasteiger charge is 2.39. The molecule has 3 atom stereocenters. The highest BCUT2D eigenvalue weighted by Crippen LogP contribution is 2.28. The summed E-state index contributed by atoms with van der Waals surface area (Å²) in [5, 5.41) is 7.74. The lowest BCUT2D eigenvalue weighted by Gasteiger charge is -2.47. The maximum absolute atomic E-state index is 6.37. The average molecular weight is 447 g/mol. The van der Waals surface area contributed by atoms with Crippen LogP contribution in [0.5, 0.6) is 0 Å². The summed E-state index contributed by atoms with van der Waals surface area (Å²) in [5.41, 5.74) is 13.7. The molecule has 1 unspecified atom stereocenters. The van der Waals surface area contributed by atoms with Crippen LogP contribution in [0.4, 0.5) is 11.9 Å². The van der Waals surface area contributed by atoms with Gasteiger partial charge in [0, 0.05) is 43.3 Å². The van der Waals surface area contributed by atoms with Crippen molar-refractivity contribution >= 4 is 23.5 Å². The van der Waals surface area contributed by atoms with Crippen molar-refractivity contribution in [2.75, 3.05) is 43.4 Å². The number of hydrogen-bond acceptors (Lipinski definition) is 8. The third-order valence-corrected chi connectivity index (χ3v) is 7.02. The van der Waals surface area contributed by atoms with Crippen molar-refractivity contribution in [1.82, 2.24) is 30.9 Å². The minimum Gasteiger partial charge on any atom is -0.374 e. The zero-order chi connectivity index (χ0) is 21.2. The zero-order valence-electron chi connectivity index (χ0n) is 17.6. The molecule has 2 aromatic rings. The van der Waals surface area contributed by atoms with Crippen molar-refractivity contribution in [1.29, 1.82) is 0 Å². The van der Waals surface area contributed by atoms with Gasteiger partial charge in [-0.1, -0.05) is 23.7 Å². The first-order chi connectivity index (χ1) is 15.2. The van der Waals surface area contributed by atoms with Crippen LogP contribution in [0.15, 0.2) is 24.3 Å². The Morgan fingerprint density at radius 3 is 2.65 bits per heavy atom. The lowest BCUT2D eigenvalue weighted by atomic mass is 9.95. The molecule has 0 amide bonds. The number of aromatic amines is 1. The predicted octanol–water partition coefficient (Wildman–Crippen LogP) is 1.19. The van der Waals surface area contributed by atoms with Crippen LogP contribution in [-0.2, 0) is 11.2 Å². The second kappa shape index (κ2) is 9.30. The van der Waals surface area contributed by atoms with Crippen molar-refractivity contribution in [3.05, 3.63) is 34.9 Å². The molecule has 1 aromatic heterocycles. The second-order valence-corrected chi connectivity index (χ2v) is 9.19. The van der Waals surface area contributed by atoms with Gasteiger partial charge in [-0.3, -0.25) is 15.8 Å². The smallest absolute Gasteiger partial charge is 0.246 e. The molecule has 168 valence electrons. The van der Waals surface area contributed by atoms with Gasteiger partial charge in [0.1, 0.15) is 0 Å². The molecule has 5 N–H and O–H groups in total. The minimum absolute atomic E-state index is 0.210. The number of benzene rings is 1. The van der Waals surface area contributed by atoms with Crippen LogP contribution in [0, 0.1) is 0 Å². The summed E-state index contributed by atoms with van der Waals surface area (Å²) in [6.07, 6.45) is 4.44. The Hall–Kier alpha value is -1.91. The lowest BCUT2D eigenvalue weighted by molar-refractivity contribution is -0.0930. The van der Waals surface area contributed by atoms with E-state index in [4.69, 9.17) is 22.1 Å². The normalized spacial score (nSPS) is 28.3. The zero-order valence-corrected chi connectivity index (χ0v) is 18.4. The van der Waals surface area contributed by atoms with E-state index in [0.717, 1.165) is 63.5 Å². The topological polar surface area (TPSA) is 107 Å². The minimum atomic E-state index is 0.210. The molecule has 3 aliphatic rings. The van der Waals surface area contributed by atoms with Crippen molar-refractivity contribution < 1.29 is 4.74 Å². The Bertz CT molecular complexity index is 847. The van der Waals surface area contributed by atoms with E-state index in [1.54, 1.807) is 0 Å². The van der Waals surface area contributed by atoms with E-state index in [2.05, 4.69) is 48.0 Å². The first-order valence-corrected chi connectivity index (χ1v) is 11.6. The number of halogens is 1. The molecule has 1 aromatic carbocycles. The molecule has 0 saturated carbocycles. The molecule has 31 heavy (non-hydrogen) atoms. The van der Waals surface area contributed by atoms with E-state index < -0.39 is 0 Å². The number of aromatic nitrogens is 3. The van der Waals surface area contributed by atoms with Crippen LogP contribution in [0.25, 0.3) is 0 Å². The van der Waals surface area contributed by atoms with Crippen LogP contribution < -0.4 is 21.5 Å². The van der Waals surface area contributed by atoms with Crippen molar-refractivity contribution in [2.45, 2.75) is 49.9 Å². The number of piperidine rings is 1. The third-order valence-electron chi connectivity index (χ3n) is 6.77. The molecule has 3 fully saturated rings. The first-order valence-electron chi connectivity index (χ1n) is 11.2. The van der Waals surface area contributed by atoms with Gasteiger partial charge < -0.3 is 15.4 Å². The number of nitrogens with zero attached hydrogens (tertiary/aromatic N) is 4. The maximum Gasteiger partial charge on any atom is 0.246 e. The van der Waals surface area contributed by atoms with Gasteiger partial charge in [-0.25, -0.2) is 5.10 Å². The largest absolute Gasteiger partial charge is 0.374 e. The lowest BCUT2D eigenvalue weighted by Crippen LogP contribution is -2.60. The van der Waals surface area contributed by atoms with Gasteiger partial charge in [0.15, 0.2) is 0 Å². The fraction of sp³-hybridized carbons (Fsp3) is 0.619. The van der Waals surface area contributed by atoms with E-state index in [1.807, 2.05) is 12.1 Å². The Kier molecular flexibility index (Phi) is 6.29. The number of nitrogen functional groups attached to an aromatic ring is 1. The van der Waals surface area contributed by atoms with Crippen LogP contribution in [0.3, 0.4) is 0 Å². The Labute approximate surface area is 187 Å². The van der Waals surface area contributed by atoms with Crippen LogP contribution in [0.2, 0.25) is 5.02 Å². The monoisotopic (exact) mass is 446 g/mol. The van der Waals surface area contributed by atoms with Crippen LogP contribution >= 0.6 is 11.6 Å². The number of anilines is 2. The van der Waals surface area contributed by atoms with Gasteiger partial charge in [-0.2, -0.15) is 4.98 Å². The van der Waals surface area contributed by atoms with Gasteiger partial charge >= 0.3 is 0 Å². The van der Waals surface area contributed by atoms with Crippen molar-refractivity contribution in [3.63, 3.8) is 0 Å². The molecule has 0 spiro atoms. The van der Waals surface area contributed by atoms with E-state index >= 15 is 0 Å². The number of hydrogen-bond donors (Lipinski definition) is 4. The average Bonchev–Trinajstić information content (AvgIpc) is 3.48. The van der Waals surface area contributed by atoms with Gasteiger partial charge in [-0.05, 0) is 43.4 Å². The van der Waals surface area contributed by atoms with Gasteiger partial charge in [0.2, 0.25) is 11.9 Å². The Balaban J connectivity index is 1.28. The van der Waals surface area contributed by atoms with E-state index in [9.17, 15) is 0 Å². The summed E-state index contributed by atoms with van der Waals surface area (Å²) >= 11 is 6.09. The first kappa shape index (κ1) is 21.0. The molecule has 10 heteroatoms. The summed E-state index contributed by atoms with van der Waals surface area (Å²) in [6.45, 7) is 4.57. The van der Waals surface area contributed by atoms with Crippen LogP contribution in [-0.4, -0.2) is 77.1 Å². The van der Waals surface area contributed by atoms with Gasteiger partial charge in [0.05, 0.1) is 18.8 Å². The quantitative estimate of drug-likeness (QED) is 0.542. The second-order valence-electron chi connectivity index (χ2n) is 8.76. The number of rotatable bonds is 5. The molecular weight excluding hydrogens is 416 g/mol.